The molecule has 0 spiro atoms. The van der Waals surface area contributed by atoms with Crippen LogP contribution in [0.15, 0.2) is 201 Å². The Morgan fingerprint density at radius 2 is 0.964 bits per heavy atom. The van der Waals surface area contributed by atoms with E-state index in [-0.39, 0.29) is 0 Å². The van der Waals surface area contributed by atoms with E-state index < -0.39 is 0 Å². The van der Waals surface area contributed by atoms with Gasteiger partial charge in [-0.2, -0.15) is 0 Å². The number of benzene rings is 9. The SMILES string of the molecule is c1ccc(-c2ccccc2N(c2cccc3c2oc2ccccc23)c2cccc3oc4c(-c5ccc6ccccc6c5)c5c(cc4c23)oc2ccccc25)cc1. The minimum atomic E-state index is 0.787. The Bertz CT molecular complexity index is 3500. The van der Waals surface area contributed by atoms with E-state index in [1.807, 2.05) is 24.3 Å². The van der Waals surface area contributed by atoms with E-state index in [4.69, 9.17) is 13.3 Å². The highest BCUT2D eigenvalue weighted by Crippen LogP contribution is 2.51. The van der Waals surface area contributed by atoms with Gasteiger partial charge in [-0.05, 0) is 70.4 Å². The first-order valence-electron chi connectivity index (χ1n) is 18.9. The molecule has 0 fully saturated rings. The minimum absolute atomic E-state index is 0.787. The molecule has 0 radical (unpaired) electrons. The van der Waals surface area contributed by atoms with E-state index in [1.165, 1.54) is 10.8 Å². The van der Waals surface area contributed by atoms with Gasteiger partial charge in [0.25, 0.3) is 0 Å². The molecule has 9 aromatic carbocycles. The van der Waals surface area contributed by atoms with E-state index in [9.17, 15) is 0 Å². The summed E-state index contributed by atoms with van der Waals surface area (Å²) in [6.07, 6.45) is 0. The van der Waals surface area contributed by atoms with Gasteiger partial charge in [-0.15, -0.1) is 0 Å². The third kappa shape index (κ3) is 4.53. The molecule has 4 heteroatoms. The van der Waals surface area contributed by atoms with E-state index >= 15 is 0 Å². The Hall–Kier alpha value is -7.56. The fourth-order valence-electron chi connectivity index (χ4n) is 8.78. The fourth-order valence-corrected chi connectivity index (χ4v) is 8.78. The number of rotatable bonds is 5. The molecule has 4 nitrogen and oxygen atoms in total. The van der Waals surface area contributed by atoms with Gasteiger partial charge in [-0.3, -0.25) is 0 Å². The molecule has 0 bridgehead atoms. The third-order valence-electron chi connectivity index (χ3n) is 11.2. The molecule has 0 amide bonds. The molecule has 0 aliphatic heterocycles. The zero-order valence-corrected chi connectivity index (χ0v) is 30.1. The first kappa shape index (κ1) is 30.9. The molecule has 0 saturated carbocycles. The fraction of sp³-hybridized carbons (Fsp3) is 0. The summed E-state index contributed by atoms with van der Waals surface area (Å²) < 4.78 is 20.6. The highest BCUT2D eigenvalue weighted by molar-refractivity contribution is 6.26. The second-order valence-corrected chi connectivity index (χ2v) is 14.4. The van der Waals surface area contributed by atoms with Crippen molar-refractivity contribution in [3.05, 3.63) is 188 Å². The Morgan fingerprint density at radius 1 is 0.321 bits per heavy atom. The predicted octanol–water partition coefficient (Wildman–Crippen LogP) is 15.3. The average molecular weight is 718 g/mol. The normalized spacial score (nSPS) is 11.9. The molecule has 56 heavy (non-hydrogen) atoms. The highest BCUT2D eigenvalue weighted by Gasteiger charge is 2.27. The van der Waals surface area contributed by atoms with Crippen LogP contribution in [0.5, 0.6) is 0 Å². The topological polar surface area (TPSA) is 42.7 Å². The van der Waals surface area contributed by atoms with E-state index in [0.717, 1.165) is 105 Å². The Morgan fingerprint density at radius 3 is 1.86 bits per heavy atom. The monoisotopic (exact) mass is 717 g/mol. The van der Waals surface area contributed by atoms with Gasteiger partial charge in [-0.1, -0.05) is 140 Å². The molecule has 262 valence electrons. The van der Waals surface area contributed by atoms with E-state index in [1.54, 1.807) is 0 Å². The van der Waals surface area contributed by atoms with Gasteiger partial charge in [0.05, 0.1) is 22.4 Å². The summed E-state index contributed by atoms with van der Waals surface area (Å²) in [5.74, 6) is 0. The lowest BCUT2D eigenvalue weighted by Gasteiger charge is -2.28. The van der Waals surface area contributed by atoms with Crippen molar-refractivity contribution in [1.82, 2.24) is 0 Å². The molecule has 3 aromatic heterocycles. The van der Waals surface area contributed by atoms with E-state index in [2.05, 4.69) is 169 Å². The van der Waals surface area contributed by atoms with Crippen LogP contribution in [0.2, 0.25) is 0 Å². The van der Waals surface area contributed by atoms with Crippen molar-refractivity contribution in [1.29, 1.82) is 0 Å². The zero-order valence-electron chi connectivity index (χ0n) is 30.1. The van der Waals surface area contributed by atoms with Crippen molar-refractivity contribution >= 4 is 93.7 Å². The Kier molecular flexibility index (Phi) is 6.60. The lowest BCUT2D eigenvalue weighted by atomic mass is 9.94. The summed E-state index contributed by atoms with van der Waals surface area (Å²) in [4.78, 5) is 2.35. The van der Waals surface area contributed by atoms with Crippen molar-refractivity contribution < 1.29 is 13.3 Å². The maximum atomic E-state index is 7.10. The second kappa shape index (κ2) is 12.0. The van der Waals surface area contributed by atoms with Gasteiger partial charge in [0, 0.05) is 38.1 Å². The van der Waals surface area contributed by atoms with Crippen molar-refractivity contribution in [2.45, 2.75) is 0 Å². The van der Waals surface area contributed by atoms with Gasteiger partial charge >= 0.3 is 0 Å². The molecular weight excluding hydrogens is 687 g/mol. The number of para-hydroxylation sites is 4. The molecule has 0 atom stereocenters. The average Bonchev–Trinajstić information content (AvgIpc) is 3.95. The first-order chi connectivity index (χ1) is 27.8. The molecular formula is C52H31NO3. The molecule has 0 unspecified atom stereocenters. The van der Waals surface area contributed by atoms with Crippen LogP contribution in [0.25, 0.3) is 98.8 Å². The molecule has 0 aliphatic rings. The first-order valence-corrected chi connectivity index (χ1v) is 18.9. The van der Waals surface area contributed by atoms with Crippen LogP contribution in [0.1, 0.15) is 0 Å². The minimum Gasteiger partial charge on any atom is -0.456 e. The maximum Gasteiger partial charge on any atom is 0.159 e. The van der Waals surface area contributed by atoms with Crippen molar-refractivity contribution in [3.63, 3.8) is 0 Å². The highest BCUT2D eigenvalue weighted by atomic mass is 16.3. The molecule has 0 aliphatic carbocycles. The number of fused-ring (bicyclic) bond motifs is 10. The van der Waals surface area contributed by atoms with Gasteiger partial charge in [0.15, 0.2) is 5.58 Å². The Labute approximate surface area is 321 Å². The van der Waals surface area contributed by atoms with Crippen molar-refractivity contribution in [2.24, 2.45) is 0 Å². The predicted molar refractivity (Wildman–Crippen MR) is 231 cm³/mol. The van der Waals surface area contributed by atoms with E-state index in [0.29, 0.717) is 0 Å². The quantitative estimate of drug-likeness (QED) is 0.178. The van der Waals surface area contributed by atoms with Gasteiger partial charge < -0.3 is 18.2 Å². The van der Waals surface area contributed by atoms with Gasteiger partial charge in [-0.25, -0.2) is 0 Å². The van der Waals surface area contributed by atoms with Crippen molar-refractivity contribution in [3.8, 4) is 22.3 Å². The van der Waals surface area contributed by atoms with Crippen LogP contribution in [0.3, 0.4) is 0 Å². The summed E-state index contributed by atoms with van der Waals surface area (Å²) in [6.45, 7) is 0. The summed E-state index contributed by atoms with van der Waals surface area (Å²) >= 11 is 0. The summed E-state index contributed by atoms with van der Waals surface area (Å²) in [6, 6.07) is 65.9. The number of nitrogens with zero attached hydrogens (tertiary/aromatic N) is 1. The molecule has 0 saturated heterocycles. The van der Waals surface area contributed by atoms with Crippen LogP contribution >= 0.6 is 0 Å². The molecule has 0 N–H and O–H groups in total. The summed E-state index contributed by atoms with van der Waals surface area (Å²) in [5.41, 5.74) is 12.2. The number of hydrogen-bond acceptors (Lipinski definition) is 4. The van der Waals surface area contributed by atoms with Crippen LogP contribution in [0.4, 0.5) is 17.1 Å². The largest absolute Gasteiger partial charge is 0.456 e. The lowest BCUT2D eigenvalue weighted by molar-refractivity contribution is 0.664. The number of anilines is 3. The smallest absolute Gasteiger partial charge is 0.159 e. The van der Waals surface area contributed by atoms with Gasteiger partial charge in [0.1, 0.15) is 27.9 Å². The lowest BCUT2D eigenvalue weighted by Crippen LogP contribution is -2.12. The summed E-state index contributed by atoms with van der Waals surface area (Å²) in [7, 11) is 0. The standard InChI is InChI=1S/C52H31NO3/c1-2-15-33(16-3-1)36-18-6-9-22-41(36)53(43-24-12-21-38-37-19-7-10-25-44(37)55-51(38)43)42-23-13-27-46-49(42)40-31-47-50(39-20-8-11-26-45(39)54-47)48(52(40)56-46)35-29-28-32-14-4-5-17-34(32)30-35/h1-31H. The van der Waals surface area contributed by atoms with Crippen molar-refractivity contribution in [2.75, 3.05) is 4.90 Å². The number of hydrogen-bond donors (Lipinski definition) is 0. The Balaban J connectivity index is 1.22. The summed E-state index contributed by atoms with van der Waals surface area (Å²) in [5, 5.41) is 8.57. The zero-order chi connectivity index (χ0) is 36.7. The number of furan rings is 3. The van der Waals surface area contributed by atoms with Crippen LogP contribution in [-0.4, -0.2) is 0 Å². The van der Waals surface area contributed by atoms with Crippen LogP contribution < -0.4 is 4.90 Å². The van der Waals surface area contributed by atoms with Gasteiger partial charge in [0.2, 0.25) is 0 Å². The van der Waals surface area contributed by atoms with Crippen LogP contribution in [-0.2, 0) is 0 Å². The maximum absolute atomic E-state index is 7.10. The second-order valence-electron chi connectivity index (χ2n) is 14.4. The van der Waals surface area contributed by atoms with Crippen LogP contribution in [0, 0.1) is 0 Å². The molecule has 12 aromatic rings. The molecule has 12 rings (SSSR count). The third-order valence-corrected chi connectivity index (χ3v) is 11.2. The molecule has 3 heterocycles.